The molecule has 108 valence electrons. The number of aryl methyl sites for hydroxylation is 1. The van der Waals surface area contributed by atoms with E-state index in [1.807, 2.05) is 16.7 Å². The molecule has 2 heterocycles. The van der Waals surface area contributed by atoms with Gasteiger partial charge in [-0.05, 0) is 19.1 Å². The summed E-state index contributed by atoms with van der Waals surface area (Å²) >= 11 is 19.3. The van der Waals surface area contributed by atoms with Gasteiger partial charge in [0.05, 0.1) is 20.8 Å². The first-order valence-corrected chi connectivity index (χ1v) is 7.86. The van der Waals surface area contributed by atoms with Gasteiger partial charge in [-0.1, -0.05) is 34.8 Å². The number of halogens is 3. The second kappa shape index (κ2) is 5.50. The Kier molecular flexibility index (Phi) is 3.84. The van der Waals surface area contributed by atoms with Crippen molar-refractivity contribution in [2.45, 2.75) is 6.92 Å². The summed E-state index contributed by atoms with van der Waals surface area (Å²) in [6, 6.07) is 2.99. The lowest BCUT2D eigenvalue weighted by Gasteiger charge is -2.07. The summed E-state index contributed by atoms with van der Waals surface area (Å²) in [5.74, 6) is -0.356. The molecule has 1 N–H and O–H groups in total. The lowest BCUT2D eigenvalue weighted by molar-refractivity contribution is 0.102. The van der Waals surface area contributed by atoms with Crippen LogP contribution in [0.3, 0.4) is 0 Å². The number of imidazole rings is 1. The van der Waals surface area contributed by atoms with Gasteiger partial charge >= 0.3 is 0 Å². The van der Waals surface area contributed by atoms with Crippen LogP contribution in [0.1, 0.15) is 16.2 Å². The third kappa shape index (κ3) is 2.74. The first-order valence-electron chi connectivity index (χ1n) is 5.85. The van der Waals surface area contributed by atoms with Gasteiger partial charge < -0.3 is 5.32 Å². The molecule has 0 aliphatic heterocycles. The summed E-state index contributed by atoms with van der Waals surface area (Å²) in [5.41, 5.74) is 1.73. The molecule has 4 nitrogen and oxygen atoms in total. The molecule has 0 fully saturated rings. The maximum atomic E-state index is 12.2. The Bertz CT molecular complexity index is 856. The standard InChI is InChI=1S/C13H8Cl3N3OS/c1-6-5-21-13-18-11(4-19(6)13)12(20)17-10-3-8(15)7(14)2-9(10)16/h2-5H,1H3,(H,17,20). The Labute approximate surface area is 139 Å². The molecule has 0 bridgehead atoms. The molecule has 1 aromatic carbocycles. The SMILES string of the molecule is Cc1csc2nc(C(=O)Nc3cc(Cl)c(Cl)cc3Cl)cn12. The fraction of sp³-hybridized carbons (Fsp3) is 0.0769. The molecule has 2 aromatic heterocycles. The number of thiazole rings is 1. The van der Waals surface area contributed by atoms with E-state index in [9.17, 15) is 4.79 Å². The summed E-state index contributed by atoms with van der Waals surface area (Å²) in [4.78, 5) is 17.3. The van der Waals surface area contributed by atoms with E-state index in [2.05, 4.69) is 10.3 Å². The zero-order valence-electron chi connectivity index (χ0n) is 10.7. The minimum Gasteiger partial charge on any atom is -0.319 e. The summed E-state index contributed by atoms with van der Waals surface area (Å²) in [7, 11) is 0. The van der Waals surface area contributed by atoms with Gasteiger partial charge in [0.1, 0.15) is 5.69 Å². The van der Waals surface area contributed by atoms with Crippen LogP contribution in [-0.2, 0) is 0 Å². The van der Waals surface area contributed by atoms with Crippen molar-refractivity contribution in [1.82, 2.24) is 9.38 Å². The van der Waals surface area contributed by atoms with Crippen LogP contribution in [0.4, 0.5) is 5.69 Å². The summed E-state index contributed by atoms with van der Waals surface area (Å²) in [6.45, 7) is 1.95. The minimum atomic E-state index is -0.356. The lowest BCUT2D eigenvalue weighted by Crippen LogP contribution is -2.12. The zero-order valence-corrected chi connectivity index (χ0v) is 13.7. The highest BCUT2D eigenvalue weighted by atomic mass is 35.5. The van der Waals surface area contributed by atoms with Crippen molar-refractivity contribution in [2.24, 2.45) is 0 Å². The van der Waals surface area contributed by atoms with E-state index in [1.54, 1.807) is 6.20 Å². The number of anilines is 1. The van der Waals surface area contributed by atoms with Crippen LogP contribution < -0.4 is 5.32 Å². The summed E-state index contributed by atoms with van der Waals surface area (Å²) < 4.78 is 1.86. The van der Waals surface area contributed by atoms with Crippen molar-refractivity contribution >= 4 is 62.7 Å². The van der Waals surface area contributed by atoms with Crippen LogP contribution in [-0.4, -0.2) is 15.3 Å². The predicted molar refractivity (Wildman–Crippen MR) is 87.2 cm³/mol. The second-order valence-electron chi connectivity index (χ2n) is 4.36. The molecule has 0 aliphatic rings. The molecule has 0 unspecified atom stereocenters. The molecule has 0 radical (unpaired) electrons. The predicted octanol–water partition coefficient (Wildman–Crippen LogP) is 4.92. The maximum absolute atomic E-state index is 12.2. The van der Waals surface area contributed by atoms with Crippen LogP contribution >= 0.6 is 46.1 Å². The van der Waals surface area contributed by atoms with Gasteiger partial charge in [-0.3, -0.25) is 9.20 Å². The number of benzene rings is 1. The van der Waals surface area contributed by atoms with Crippen LogP contribution in [0, 0.1) is 6.92 Å². The summed E-state index contributed by atoms with van der Waals surface area (Å²) in [5, 5.41) is 5.62. The quantitative estimate of drug-likeness (QED) is 0.660. The van der Waals surface area contributed by atoms with Gasteiger partial charge in [0.2, 0.25) is 0 Å². The minimum absolute atomic E-state index is 0.312. The van der Waals surface area contributed by atoms with Crippen LogP contribution in [0.2, 0.25) is 15.1 Å². The lowest BCUT2D eigenvalue weighted by atomic mass is 10.3. The highest BCUT2D eigenvalue weighted by molar-refractivity contribution is 7.15. The van der Waals surface area contributed by atoms with Crippen molar-refractivity contribution in [3.05, 3.63) is 50.2 Å². The number of nitrogens with one attached hydrogen (secondary N) is 1. The molecule has 0 spiro atoms. The van der Waals surface area contributed by atoms with Crippen molar-refractivity contribution < 1.29 is 4.79 Å². The van der Waals surface area contributed by atoms with Crippen molar-refractivity contribution in [3.8, 4) is 0 Å². The number of rotatable bonds is 2. The number of hydrogen-bond donors (Lipinski definition) is 1. The molecule has 8 heteroatoms. The van der Waals surface area contributed by atoms with Crippen LogP contribution in [0.15, 0.2) is 23.7 Å². The van der Waals surface area contributed by atoms with Gasteiger partial charge in [0.15, 0.2) is 4.96 Å². The number of fused-ring (bicyclic) bond motifs is 1. The zero-order chi connectivity index (χ0) is 15.1. The van der Waals surface area contributed by atoms with Crippen molar-refractivity contribution in [1.29, 1.82) is 0 Å². The number of hydrogen-bond acceptors (Lipinski definition) is 3. The molecule has 0 aliphatic carbocycles. The van der Waals surface area contributed by atoms with E-state index in [-0.39, 0.29) is 5.91 Å². The fourth-order valence-electron chi connectivity index (χ4n) is 1.81. The van der Waals surface area contributed by atoms with E-state index in [4.69, 9.17) is 34.8 Å². The smallest absolute Gasteiger partial charge is 0.275 e. The molecule has 21 heavy (non-hydrogen) atoms. The average molecular weight is 361 g/mol. The largest absolute Gasteiger partial charge is 0.319 e. The molecule has 3 aromatic rings. The second-order valence-corrected chi connectivity index (χ2v) is 6.41. The van der Waals surface area contributed by atoms with Crippen molar-refractivity contribution in [2.75, 3.05) is 5.32 Å². The Hall–Kier alpha value is -1.27. The number of amides is 1. The monoisotopic (exact) mass is 359 g/mol. The highest BCUT2D eigenvalue weighted by Gasteiger charge is 2.15. The van der Waals surface area contributed by atoms with Gasteiger partial charge in [-0.15, -0.1) is 11.3 Å². The van der Waals surface area contributed by atoms with Gasteiger partial charge in [-0.25, -0.2) is 4.98 Å². The third-order valence-electron chi connectivity index (χ3n) is 2.88. The Balaban J connectivity index is 1.90. The molecule has 0 saturated carbocycles. The number of carbonyl (C=O) groups excluding carboxylic acids is 1. The van der Waals surface area contributed by atoms with E-state index in [1.165, 1.54) is 23.5 Å². The van der Waals surface area contributed by atoms with E-state index < -0.39 is 0 Å². The molecule has 1 amide bonds. The van der Waals surface area contributed by atoms with Gasteiger partial charge in [0.25, 0.3) is 5.91 Å². The van der Waals surface area contributed by atoms with Gasteiger partial charge in [0, 0.05) is 17.3 Å². The summed E-state index contributed by atoms with van der Waals surface area (Å²) in [6.07, 6.45) is 1.68. The Morgan fingerprint density at radius 3 is 2.67 bits per heavy atom. The van der Waals surface area contributed by atoms with Crippen LogP contribution in [0.5, 0.6) is 0 Å². The normalized spacial score (nSPS) is 11.0. The molecule has 0 saturated heterocycles. The Morgan fingerprint density at radius 1 is 1.24 bits per heavy atom. The highest BCUT2D eigenvalue weighted by Crippen LogP contribution is 2.32. The molecular weight excluding hydrogens is 353 g/mol. The van der Waals surface area contributed by atoms with Crippen molar-refractivity contribution in [3.63, 3.8) is 0 Å². The third-order valence-corrected chi connectivity index (χ3v) is 4.87. The van der Waals surface area contributed by atoms with Gasteiger partial charge in [-0.2, -0.15) is 0 Å². The fourth-order valence-corrected chi connectivity index (χ4v) is 3.25. The number of nitrogens with zero attached hydrogens (tertiary/aromatic N) is 2. The van der Waals surface area contributed by atoms with Crippen LogP contribution in [0.25, 0.3) is 4.96 Å². The average Bonchev–Trinajstić information content (AvgIpc) is 2.99. The number of carbonyl (C=O) groups is 1. The topological polar surface area (TPSA) is 46.4 Å². The molecule has 0 atom stereocenters. The first-order chi connectivity index (χ1) is 9.95. The number of aromatic nitrogens is 2. The van der Waals surface area contributed by atoms with E-state index in [0.29, 0.717) is 26.4 Å². The molecule has 3 rings (SSSR count). The van der Waals surface area contributed by atoms with E-state index >= 15 is 0 Å². The molecular formula is C13H8Cl3N3OS. The van der Waals surface area contributed by atoms with E-state index in [0.717, 1.165) is 10.7 Å². The maximum Gasteiger partial charge on any atom is 0.275 e. The Morgan fingerprint density at radius 2 is 1.95 bits per heavy atom. The first kappa shape index (κ1) is 14.7.